The number of ether oxygens (including phenoxy) is 2. The minimum absolute atomic E-state index is 0.152. The van der Waals surface area contributed by atoms with Gasteiger partial charge in [-0.05, 0) is 44.1 Å². The predicted octanol–water partition coefficient (Wildman–Crippen LogP) is 6.68. The van der Waals surface area contributed by atoms with Crippen molar-refractivity contribution in [1.82, 2.24) is 19.5 Å². The lowest BCUT2D eigenvalue weighted by molar-refractivity contribution is 0.0688. The second-order valence-electron chi connectivity index (χ2n) is 10.2. The van der Waals surface area contributed by atoms with Crippen LogP contribution in [0.25, 0.3) is 11.2 Å². The van der Waals surface area contributed by atoms with Gasteiger partial charge in [-0.2, -0.15) is 0 Å². The molecule has 3 N–H and O–H groups in total. The fourth-order valence-electron chi connectivity index (χ4n) is 4.34. The number of imidazole rings is 1. The molecule has 12 heteroatoms. The number of nitrogen functional groups attached to an aromatic ring is 1. The lowest BCUT2D eigenvalue weighted by Gasteiger charge is -2.17. The van der Waals surface area contributed by atoms with Crippen molar-refractivity contribution < 1.29 is 23.5 Å². The van der Waals surface area contributed by atoms with Gasteiger partial charge >= 0.3 is 7.60 Å². The van der Waals surface area contributed by atoms with Crippen LogP contribution in [0, 0.1) is 0 Å². The summed E-state index contributed by atoms with van der Waals surface area (Å²) in [6.07, 6.45) is 14.2. The monoisotopic (exact) mass is 607 g/mol. The van der Waals surface area contributed by atoms with E-state index in [9.17, 15) is 9.46 Å². The van der Waals surface area contributed by atoms with Crippen LogP contribution in [-0.4, -0.2) is 62.4 Å². The molecule has 0 aliphatic rings. The molecule has 3 rings (SSSR count). The molecule has 0 radical (unpaired) electrons. The Morgan fingerprint density at radius 2 is 1.61 bits per heavy atom. The number of hydrogen-bond acceptors (Lipinski definition) is 9. The molecular weight excluding hydrogens is 561 g/mol. The first-order chi connectivity index (χ1) is 19.9. The van der Waals surface area contributed by atoms with Gasteiger partial charge in [-0.25, -0.2) is 15.0 Å². The second kappa shape index (κ2) is 19.2. The molecule has 1 aromatic carbocycles. The fraction of sp³-hybridized carbons (Fsp3) is 0.621. The van der Waals surface area contributed by atoms with Crippen LogP contribution >= 0.6 is 19.4 Å². The minimum Gasteiger partial charge on any atom is -0.382 e. The van der Waals surface area contributed by atoms with Crippen molar-refractivity contribution in [3.05, 3.63) is 43.0 Å². The topological polar surface area (TPSA) is 135 Å². The summed E-state index contributed by atoms with van der Waals surface area (Å²) in [7, 11) is -3.84. The highest BCUT2D eigenvalue weighted by Gasteiger charge is 2.21. The third kappa shape index (κ3) is 13.7. The van der Waals surface area contributed by atoms with Gasteiger partial charge in [0.25, 0.3) is 0 Å². The molecular formula is C29H46N5O5PS. The molecule has 10 nitrogen and oxygen atoms in total. The maximum absolute atomic E-state index is 12.3. The summed E-state index contributed by atoms with van der Waals surface area (Å²) < 4.78 is 30.5. The maximum Gasteiger partial charge on any atom is 0.353 e. The van der Waals surface area contributed by atoms with Gasteiger partial charge in [-0.1, -0.05) is 63.1 Å². The van der Waals surface area contributed by atoms with Gasteiger partial charge in [0.2, 0.25) is 0 Å². The van der Waals surface area contributed by atoms with E-state index < -0.39 is 7.60 Å². The van der Waals surface area contributed by atoms with Crippen LogP contribution in [0.4, 0.5) is 5.82 Å². The molecule has 0 bridgehead atoms. The molecule has 0 fully saturated rings. The minimum atomic E-state index is -3.84. The van der Waals surface area contributed by atoms with Gasteiger partial charge in [0.1, 0.15) is 18.2 Å². The summed E-state index contributed by atoms with van der Waals surface area (Å²) in [6, 6.07) is 10.6. The maximum atomic E-state index is 12.3. The second-order valence-corrected chi connectivity index (χ2v) is 13.2. The van der Waals surface area contributed by atoms with Gasteiger partial charge < -0.3 is 29.2 Å². The molecule has 0 aliphatic carbocycles. The molecule has 0 spiro atoms. The summed E-state index contributed by atoms with van der Waals surface area (Å²) in [4.78, 5) is 23.8. The van der Waals surface area contributed by atoms with E-state index in [1.807, 2.05) is 11.8 Å². The first-order valence-corrected chi connectivity index (χ1v) is 17.4. The number of fused-ring (bicyclic) bond motifs is 1. The molecule has 3 aromatic rings. The third-order valence-corrected chi connectivity index (χ3v) is 8.74. The highest BCUT2D eigenvalue weighted by Crippen LogP contribution is 2.42. The smallest absolute Gasteiger partial charge is 0.353 e. The number of thioether (sulfide) groups is 1. The summed E-state index contributed by atoms with van der Waals surface area (Å²) in [5.41, 5.74) is 6.91. The Hall–Kier alpha value is -2.01. The van der Waals surface area contributed by atoms with Crippen LogP contribution < -0.4 is 5.73 Å². The number of hydrogen-bond donors (Lipinski definition) is 2. The Morgan fingerprint density at radius 1 is 0.927 bits per heavy atom. The third-order valence-electron chi connectivity index (χ3n) is 6.58. The molecule has 1 unspecified atom stereocenters. The lowest BCUT2D eigenvalue weighted by Crippen LogP contribution is -2.17. The zero-order chi connectivity index (χ0) is 29.2. The predicted molar refractivity (Wildman–Crippen MR) is 165 cm³/mol. The fourth-order valence-corrected chi connectivity index (χ4v) is 6.21. The summed E-state index contributed by atoms with van der Waals surface area (Å²) in [5, 5.41) is 0. The number of nitrogens with two attached hydrogens (primary N) is 1. The van der Waals surface area contributed by atoms with E-state index in [2.05, 4.69) is 45.3 Å². The average molecular weight is 608 g/mol. The first kappa shape index (κ1) is 33.5. The van der Waals surface area contributed by atoms with E-state index in [1.165, 1.54) is 68.3 Å². The van der Waals surface area contributed by atoms with Crippen LogP contribution in [0.1, 0.15) is 71.1 Å². The van der Waals surface area contributed by atoms with E-state index in [-0.39, 0.29) is 19.1 Å². The Labute approximate surface area is 248 Å². The number of nitrogens with zero attached hydrogens (tertiary/aromatic N) is 4. The van der Waals surface area contributed by atoms with Crippen molar-refractivity contribution in [1.29, 1.82) is 0 Å². The molecule has 0 saturated heterocycles. The standard InChI is InChI=1S/C29H46N5O5PS/c1-25(21-34-23-33-27-28(30)31-22-32-29(27)34)38-24-40(35,36)39-19-14-18-37-17-12-7-5-3-2-4-6-8-13-20-41-26-15-10-9-11-16-26/h9-11,15-16,22-23,25H,2-8,12-14,17-21,24H2,1H3,(H,35,36)(H2,30,31,32)/t25-/m1/s1. The molecule has 228 valence electrons. The van der Waals surface area contributed by atoms with E-state index >= 15 is 0 Å². The zero-order valence-corrected chi connectivity index (χ0v) is 25.9. The summed E-state index contributed by atoms with van der Waals surface area (Å²) in [5.74, 6) is 1.52. The van der Waals surface area contributed by atoms with Crippen molar-refractivity contribution in [2.75, 3.05) is 37.7 Å². The molecule has 2 aromatic heterocycles. The van der Waals surface area contributed by atoms with E-state index in [1.54, 1.807) is 17.8 Å². The highest BCUT2D eigenvalue weighted by molar-refractivity contribution is 7.99. The molecule has 41 heavy (non-hydrogen) atoms. The number of benzene rings is 1. The Morgan fingerprint density at radius 3 is 2.37 bits per heavy atom. The van der Waals surface area contributed by atoms with Gasteiger partial charge in [0, 0.05) is 18.1 Å². The molecule has 0 saturated carbocycles. The Balaban J connectivity index is 1.08. The van der Waals surface area contributed by atoms with Gasteiger partial charge in [-0.3, -0.25) is 4.57 Å². The molecule has 2 heterocycles. The van der Waals surface area contributed by atoms with Crippen molar-refractivity contribution >= 4 is 36.3 Å². The van der Waals surface area contributed by atoms with Crippen LogP contribution in [0.15, 0.2) is 47.9 Å². The lowest BCUT2D eigenvalue weighted by atomic mass is 10.1. The highest BCUT2D eigenvalue weighted by atomic mass is 32.2. The quantitative estimate of drug-likeness (QED) is 0.0682. The van der Waals surface area contributed by atoms with Crippen LogP contribution in [0.2, 0.25) is 0 Å². The molecule has 2 atom stereocenters. The zero-order valence-electron chi connectivity index (χ0n) is 24.2. The van der Waals surface area contributed by atoms with Crippen LogP contribution in [-0.2, 0) is 25.1 Å². The SMILES string of the molecule is C[C@H](Cn1cnc2c(N)ncnc21)OCP(=O)(O)OCCCOCCCCCCCCCCCSc1ccccc1. The number of unbranched alkanes of at least 4 members (excludes halogenated alkanes) is 8. The van der Waals surface area contributed by atoms with Crippen LogP contribution in [0.5, 0.6) is 0 Å². The Kier molecular flexibility index (Phi) is 15.7. The average Bonchev–Trinajstić information content (AvgIpc) is 3.38. The first-order valence-electron chi connectivity index (χ1n) is 14.7. The van der Waals surface area contributed by atoms with Gasteiger partial charge in [-0.15, -0.1) is 11.8 Å². The van der Waals surface area contributed by atoms with E-state index in [4.69, 9.17) is 19.7 Å². The number of anilines is 1. The number of aromatic nitrogens is 4. The van der Waals surface area contributed by atoms with E-state index in [0.29, 0.717) is 36.6 Å². The van der Waals surface area contributed by atoms with E-state index in [0.717, 1.165) is 13.0 Å². The van der Waals surface area contributed by atoms with Crippen molar-refractivity contribution in [3.63, 3.8) is 0 Å². The Bertz CT molecular complexity index is 1170. The van der Waals surface area contributed by atoms with Crippen molar-refractivity contribution in [2.24, 2.45) is 0 Å². The summed E-state index contributed by atoms with van der Waals surface area (Å²) >= 11 is 1.95. The van der Waals surface area contributed by atoms with Crippen molar-refractivity contribution in [3.8, 4) is 0 Å². The largest absolute Gasteiger partial charge is 0.382 e. The molecule has 0 aliphatic heterocycles. The molecule has 0 amide bonds. The van der Waals surface area contributed by atoms with Gasteiger partial charge in [0.15, 0.2) is 11.5 Å². The summed E-state index contributed by atoms with van der Waals surface area (Å²) in [6.45, 7) is 3.59. The van der Waals surface area contributed by atoms with Crippen LogP contribution in [0.3, 0.4) is 0 Å². The van der Waals surface area contributed by atoms with Crippen molar-refractivity contribution in [2.45, 2.75) is 88.7 Å². The normalized spacial score (nSPS) is 13.9. The number of rotatable bonds is 23. The van der Waals surface area contributed by atoms with Gasteiger partial charge in [0.05, 0.1) is 25.6 Å².